The van der Waals surface area contributed by atoms with Crippen LogP contribution in [0.15, 0.2) is 18.2 Å². The molecule has 0 bridgehead atoms. The van der Waals surface area contributed by atoms with E-state index in [1.54, 1.807) is 6.07 Å². The molecule has 0 saturated heterocycles. The normalized spacial score (nSPS) is 11.1. The molecule has 0 unspecified atom stereocenters. The zero-order chi connectivity index (χ0) is 13.7. The Morgan fingerprint density at radius 2 is 2.00 bits per heavy atom. The second-order valence-electron chi connectivity index (χ2n) is 4.64. The average Bonchev–Trinajstić information content (AvgIpc) is 2.21. The first-order chi connectivity index (χ1) is 8.38. The molecule has 100 valence electrons. The first kappa shape index (κ1) is 15.3. The lowest BCUT2D eigenvalue weighted by molar-refractivity contribution is -0.122. The van der Waals surface area contributed by atoms with Crippen LogP contribution in [-0.2, 0) is 11.3 Å². The van der Waals surface area contributed by atoms with Gasteiger partial charge in [0.15, 0.2) is 0 Å². The molecule has 0 spiro atoms. The number of hydrogen-bond donors (Lipinski definition) is 1. The molecule has 3 nitrogen and oxygen atoms in total. The molecule has 0 radical (unpaired) electrons. The summed E-state index contributed by atoms with van der Waals surface area (Å²) in [5, 5.41) is 3.93. The number of rotatable bonds is 5. The van der Waals surface area contributed by atoms with Gasteiger partial charge in [-0.1, -0.05) is 29.3 Å². The van der Waals surface area contributed by atoms with E-state index in [9.17, 15) is 4.79 Å². The van der Waals surface area contributed by atoms with Gasteiger partial charge in [0.1, 0.15) is 0 Å². The summed E-state index contributed by atoms with van der Waals surface area (Å²) in [7, 11) is 1.89. The third-order valence-electron chi connectivity index (χ3n) is 2.30. The van der Waals surface area contributed by atoms with Crippen molar-refractivity contribution in [2.24, 2.45) is 0 Å². The van der Waals surface area contributed by atoms with E-state index in [0.717, 1.165) is 5.56 Å². The largest absolute Gasteiger partial charge is 0.353 e. The molecular weight excluding hydrogens is 271 g/mol. The van der Waals surface area contributed by atoms with Crippen LogP contribution in [0.1, 0.15) is 19.4 Å². The number of benzene rings is 1. The zero-order valence-corrected chi connectivity index (χ0v) is 12.3. The minimum absolute atomic E-state index is 0.0209. The maximum atomic E-state index is 11.6. The fourth-order valence-electron chi connectivity index (χ4n) is 1.62. The zero-order valence-electron chi connectivity index (χ0n) is 10.8. The smallest absolute Gasteiger partial charge is 0.234 e. The second kappa shape index (κ2) is 6.98. The highest BCUT2D eigenvalue weighted by molar-refractivity contribution is 6.42. The summed E-state index contributed by atoms with van der Waals surface area (Å²) in [5.41, 5.74) is 1.03. The Hall–Kier alpha value is -0.770. The number of amides is 1. The molecule has 18 heavy (non-hydrogen) atoms. The number of carbonyl (C=O) groups is 1. The molecule has 1 amide bonds. The first-order valence-electron chi connectivity index (χ1n) is 5.80. The summed E-state index contributed by atoms with van der Waals surface area (Å²) in [6, 6.07) is 5.66. The molecule has 5 heteroatoms. The van der Waals surface area contributed by atoms with Crippen LogP contribution in [0.5, 0.6) is 0 Å². The lowest BCUT2D eigenvalue weighted by atomic mass is 10.2. The second-order valence-corrected chi connectivity index (χ2v) is 5.46. The Kier molecular flexibility index (Phi) is 5.93. The van der Waals surface area contributed by atoms with Gasteiger partial charge < -0.3 is 5.32 Å². The van der Waals surface area contributed by atoms with E-state index in [-0.39, 0.29) is 11.9 Å². The number of nitrogens with one attached hydrogen (secondary N) is 1. The Morgan fingerprint density at radius 3 is 2.56 bits per heavy atom. The van der Waals surface area contributed by atoms with Gasteiger partial charge in [-0.25, -0.2) is 0 Å². The molecule has 0 aliphatic carbocycles. The SMILES string of the molecule is CC(C)NC(=O)CN(C)Cc1ccc(Cl)c(Cl)c1. The standard InChI is InChI=1S/C13H18Cl2N2O/c1-9(2)16-13(18)8-17(3)7-10-4-5-11(14)12(15)6-10/h4-6,9H,7-8H2,1-3H3,(H,16,18). The van der Waals surface area contributed by atoms with Crippen molar-refractivity contribution in [3.8, 4) is 0 Å². The van der Waals surface area contributed by atoms with Gasteiger partial charge in [0, 0.05) is 12.6 Å². The monoisotopic (exact) mass is 288 g/mol. The van der Waals surface area contributed by atoms with Gasteiger partial charge in [0.25, 0.3) is 0 Å². The highest BCUT2D eigenvalue weighted by atomic mass is 35.5. The van der Waals surface area contributed by atoms with Crippen LogP contribution in [0.4, 0.5) is 0 Å². The first-order valence-corrected chi connectivity index (χ1v) is 6.56. The van der Waals surface area contributed by atoms with Gasteiger partial charge in [-0.2, -0.15) is 0 Å². The number of hydrogen-bond acceptors (Lipinski definition) is 2. The molecule has 0 aliphatic heterocycles. The van der Waals surface area contributed by atoms with Gasteiger partial charge >= 0.3 is 0 Å². The summed E-state index contributed by atoms with van der Waals surface area (Å²) in [6.07, 6.45) is 0. The number of nitrogens with zero attached hydrogens (tertiary/aromatic N) is 1. The van der Waals surface area contributed by atoms with Crippen LogP contribution in [-0.4, -0.2) is 30.4 Å². The molecule has 0 fully saturated rings. The van der Waals surface area contributed by atoms with E-state index < -0.39 is 0 Å². The van der Waals surface area contributed by atoms with E-state index in [1.165, 1.54) is 0 Å². The van der Waals surface area contributed by atoms with Crippen molar-refractivity contribution >= 4 is 29.1 Å². The number of halogens is 2. The predicted octanol–water partition coefficient (Wildman–Crippen LogP) is 2.95. The number of likely N-dealkylation sites (N-methyl/N-ethyl adjacent to an activating group) is 1. The van der Waals surface area contributed by atoms with Crippen molar-refractivity contribution in [2.75, 3.05) is 13.6 Å². The minimum atomic E-state index is 0.0209. The topological polar surface area (TPSA) is 32.3 Å². The van der Waals surface area contributed by atoms with E-state index >= 15 is 0 Å². The van der Waals surface area contributed by atoms with Gasteiger partial charge in [0.05, 0.1) is 16.6 Å². The third-order valence-corrected chi connectivity index (χ3v) is 3.04. The Labute approximate surface area is 118 Å². The van der Waals surface area contributed by atoms with Crippen LogP contribution in [0.2, 0.25) is 10.0 Å². The molecule has 1 aromatic rings. The van der Waals surface area contributed by atoms with Crippen molar-refractivity contribution in [3.63, 3.8) is 0 Å². The van der Waals surface area contributed by atoms with Crippen LogP contribution in [0, 0.1) is 0 Å². The highest BCUT2D eigenvalue weighted by Crippen LogP contribution is 2.22. The quantitative estimate of drug-likeness (QED) is 0.904. The van der Waals surface area contributed by atoms with Crippen molar-refractivity contribution < 1.29 is 4.79 Å². The summed E-state index contributed by atoms with van der Waals surface area (Å²) in [6.45, 7) is 4.90. The van der Waals surface area contributed by atoms with E-state index in [2.05, 4.69) is 5.32 Å². The van der Waals surface area contributed by atoms with Crippen LogP contribution < -0.4 is 5.32 Å². The lowest BCUT2D eigenvalue weighted by Gasteiger charge is -2.17. The molecule has 0 heterocycles. The summed E-state index contributed by atoms with van der Waals surface area (Å²) in [4.78, 5) is 13.5. The molecule has 1 rings (SSSR count). The molecular formula is C13H18Cl2N2O. The Balaban J connectivity index is 2.51. The van der Waals surface area contributed by atoms with Gasteiger partial charge in [-0.05, 0) is 38.6 Å². The lowest BCUT2D eigenvalue weighted by Crippen LogP contribution is -2.38. The molecule has 0 saturated carbocycles. The van der Waals surface area contributed by atoms with E-state index in [0.29, 0.717) is 23.1 Å². The molecule has 0 aliphatic rings. The Morgan fingerprint density at radius 1 is 1.33 bits per heavy atom. The van der Waals surface area contributed by atoms with Gasteiger partial charge in [-0.15, -0.1) is 0 Å². The number of carbonyl (C=O) groups excluding carboxylic acids is 1. The maximum Gasteiger partial charge on any atom is 0.234 e. The molecule has 0 atom stereocenters. The highest BCUT2D eigenvalue weighted by Gasteiger charge is 2.08. The summed E-state index contributed by atoms with van der Waals surface area (Å²) in [5.74, 6) is 0.0209. The predicted molar refractivity (Wildman–Crippen MR) is 76.1 cm³/mol. The van der Waals surface area contributed by atoms with E-state index in [1.807, 2.05) is 37.9 Å². The molecule has 1 aromatic carbocycles. The third kappa shape index (κ3) is 5.25. The van der Waals surface area contributed by atoms with Crippen molar-refractivity contribution in [3.05, 3.63) is 33.8 Å². The van der Waals surface area contributed by atoms with E-state index in [4.69, 9.17) is 23.2 Å². The summed E-state index contributed by atoms with van der Waals surface area (Å²) < 4.78 is 0. The molecule has 0 aromatic heterocycles. The minimum Gasteiger partial charge on any atom is -0.353 e. The Bertz CT molecular complexity index is 421. The summed E-state index contributed by atoms with van der Waals surface area (Å²) >= 11 is 11.8. The average molecular weight is 289 g/mol. The van der Waals surface area contributed by atoms with Crippen molar-refractivity contribution in [2.45, 2.75) is 26.4 Å². The fourth-order valence-corrected chi connectivity index (χ4v) is 1.94. The van der Waals surface area contributed by atoms with Crippen LogP contribution in [0.3, 0.4) is 0 Å². The molecule has 1 N–H and O–H groups in total. The maximum absolute atomic E-state index is 11.6. The van der Waals surface area contributed by atoms with Crippen LogP contribution >= 0.6 is 23.2 Å². The van der Waals surface area contributed by atoms with Crippen molar-refractivity contribution in [1.82, 2.24) is 10.2 Å². The van der Waals surface area contributed by atoms with Gasteiger partial charge in [0.2, 0.25) is 5.91 Å². The van der Waals surface area contributed by atoms with Crippen LogP contribution in [0.25, 0.3) is 0 Å². The fraction of sp³-hybridized carbons (Fsp3) is 0.462. The van der Waals surface area contributed by atoms with Crippen molar-refractivity contribution in [1.29, 1.82) is 0 Å². The van der Waals surface area contributed by atoms with Gasteiger partial charge in [-0.3, -0.25) is 9.69 Å².